The van der Waals surface area contributed by atoms with Gasteiger partial charge in [0.1, 0.15) is 0 Å². The van der Waals surface area contributed by atoms with Crippen molar-refractivity contribution in [3.05, 3.63) is 34.4 Å². The minimum Gasteiger partial charge on any atom is -0.330 e. The summed E-state index contributed by atoms with van der Waals surface area (Å²) < 4.78 is 0. The minimum absolute atomic E-state index is 0.226. The molecule has 1 aromatic carbocycles. The molecule has 2 rings (SSSR count). The molecule has 1 fully saturated rings. The monoisotopic (exact) mass is 245 g/mol. The predicted molar refractivity (Wildman–Crippen MR) is 79.2 cm³/mol. The second-order valence-corrected chi connectivity index (χ2v) is 7.07. The van der Waals surface area contributed by atoms with Crippen molar-refractivity contribution in [2.75, 3.05) is 6.54 Å². The molecule has 0 heterocycles. The summed E-state index contributed by atoms with van der Waals surface area (Å²) in [5.74, 6) is 0. The Morgan fingerprint density at radius 1 is 1.11 bits per heavy atom. The zero-order valence-corrected chi connectivity index (χ0v) is 12.6. The van der Waals surface area contributed by atoms with Crippen molar-refractivity contribution in [3.8, 4) is 0 Å². The fourth-order valence-electron chi connectivity index (χ4n) is 3.39. The molecule has 2 N–H and O–H groups in total. The first-order valence-corrected chi connectivity index (χ1v) is 7.12. The van der Waals surface area contributed by atoms with Gasteiger partial charge in [0.25, 0.3) is 0 Å². The molecule has 0 amide bonds. The van der Waals surface area contributed by atoms with Crippen LogP contribution in [0.4, 0.5) is 0 Å². The molecule has 1 aliphatic carbocycles. The van der Waals surface area contributed by atoms with E-state index in [9.17, 15) is 0 Å². The van der Waals surface area contributed by atoms with Gasteiger partial charge in [0, 0.05) is 12.0 Å². The van der Waals surface area contributed by atoms with Crippen LogP contribution in [0, 0.1) is 13.8 Å². The van der Waals surface area contributed by atoms with Gasteiger partial charge in [-0.25, -0.2) is 0 Å². The third-order valence-corrected chi connectivity index (χ3v) is 4.63. The molecule has 0 atom stereocenters. The summed E-state index contributed by atoms with van der Waals surface area (Å²) >= 11 is 0. The Morgan fingerprint density at radius 2 is 1.61 bits per heavy atom. The maximum absolute atomic E-state index is 6.06. The molecule has 0 bridgehead atoms. The quantitative estimate of drug-likeness (QED) is 0.838. The van der Waals surface area contributed by atoms with Crippen LogP contribution in [0.5, 0.6) is 0 Å². The highest BCUT2D eigenvalue weighted by Crippen LogP contribution is 2.46. The van der Waals surface area contributed by atoms with Crippen molar-refractivity contribution in [2.45, 2.75) is 64.7 Å². The van der Waals surface area contributed by atoms with E-state index < -0.39 is 0 Å². The molecule has 1 heteroatoms. The maximum Gasteiger partial charge on any atom is 0.00808 e. The van der Waals surface area contributed by atoms with Crippen molar-refractivity contribution in [2.24, 2.45) is 5.73 Å². The zero-order chi connectivity index (χ0) is 13.6. The number of benzene rings is 1. The summed E-state index contributed by atoms with van der Waals surface area (Å²) in [6.07, 6.45) is 3.86. The van der Waals surface area contributed by atoms with Gasteiger partial charge in [-0.2, -0.15) is 0 Å². The molecule has 0 radical (unpaired) electrons. The van der Waals surface area contributed by atoms with Crippen LogP contribution in [0.3, 0.4) is 0 Å². The topological polar surface area (TPSA) is 26.0 Å². The van der Waals surface area contributed by atoms with Crippen LogP contribution < -0.4 is 5.73 Å². The third-order valence-electron chi connectivity index (χ3n) is 4.63. The van der Waals surface area contributed by atoms with Crippen LogP contribution in [0.15, 0.2) is 12.1 Å². The van der Waals surface area contributed by atoms with Crippen molar-refractivity contribution in [1.29, 1.82) is 0 Å². The Balaban J connectivity index is 2.51. The lowest BCUT2D eigenvalue weighted by atomic mass is 9.62. The molecule has 0 aliphatic heterocycles. The average molecular weight is 245 g/mol. The van der Waals surface area contributed by atoms with Crippen LogP contribution in [0.1, 0.15) is 62.3 Å². The van der Waals surface area contributed by atoms with Gasteiger partial charge in [0.05, 0.1) is 0 Å². The highest BCUT2D eigenvalue weighted by Gasteiger charge is 2.39. The van der Waals surface area contributed by atoms with Gasteiger partial charge >= 0.3 is 0 Å². The normalized spacial score (nSPS) is 18.6. The molecule has 0 saturated heterocycles. The number of aryl methyl sites for hydroxylation is 2. The maximum atomic E-state index is 6.06. The van der Waals surface area contributed by atoms with Gasteiger partial charge < -0.3 is 5.73 Å². The lowest BCUT2D eigenvalue weighted by molar-refractivity contribution is 0.250. The highest BCUT2D eigenvalue weighted by atomic mass is 14.6. The van der Waals surface area contributed by atoms with Crippen LogP contribution in [-0.2, 0) is 10.8 Å². The first-order chi connectivity index (χ1) is 8.30. The lowest BCUT2D eigenvalue weighted by Gasteiger charge is -2.44. The smallest absolute Gasteiger partial charge is 0.00808 e. The Morgan fingerprint density at radius 3 is 1.89 bits per heavy atom. The summed E-state index contributed by atoms with van der Waals surface area (Å²) in [5, 5.41) is 0. The van der Waals surface area contributed by atoms with E-state index in [1.807, 2.05) is 0 Å². The summed E-state index contributed by atoms with van der Waals surface area (Å²) in [6, 6.07) is 4.75. The van der Waals surface area contributed by atoms with E-state index in [2.05, 4.69) is 46.8 Å². The Kier molecular flexibility index (Phi) is 3.31. The van der Waals surface area contributed by atoms with Crippen molar-refractivity contribution < 1.29 is 0 Å². The molecule has 1 nitrogen and oxygen atoms in total. The van der Waals surface area contributed by atoms with Gasteiger partial charge in [0.15, 0.2) is 0 Å². The number of hydrogen-bond acceptors (Lipinski definition) is 1. The Labute approximate surface area is 112 Å². The minimum atomic E-state index is 0.226. The second kappa shape index (κ2) is 4.38. The van der Waals surface area contributed by atoms with Crippen LogP contribution in [0.2, 0.25) is 0 Å². The molecule has 0 spiro atoms. The van der Waals surface area contributed by atoms with Gasteiger partial charge in [-0.1, -0.05) is 39.3 Å². The van der Waals surface area contributed by atoms with Crippen LogP contribution in [0.25, 0.3) is 0 Å². The number of nitrogens with two attached hydrogens (primary N) is 1. The fraction of sp³-hybridized carbons (Fsp3) is 0.647. The molecule has 18 heavy (non-hydrogen) atoms. The van der Waals surface area contributed by atoms with Gasteiger partial charge in [-0.05, 0) is 54.4 Å². The largest absolute Gasteiger partial charge is 0.330 e. The number of rotatable bonds is 2. The van der Waals surface area contributed by atoms with Crippen molar-refractivity contribution >= 4 is 0 Å². The fourth-order valence-corrected chi connectivity index (χ4v) is 3.39. The molecule has 1 saturated carbocycles. The Bertz CT molecular complexity index is 419. The van der Waals surface area contributed by atoms with E-state index >= 15 is 0 Å². The zero-order valence-electron chi connectivity index (χ0n) is 12.6. The van der Waals surface area contributed by atoms with E-state index in [0.717, 1.165) is 6.54 Å². The first-order valence-electron chi connectivity index (χ1n) is 7.12. The van der Waals surface area contributed by atoms with Crippen LogP contribution in [-0.4, -0.2) is 6.54 Å². The van der Waals surface area contributed by atoms with Gasteiger partial charge in [-0.3, -0.25) is 0 Å². The van der Waals surface area contributed by atoms with E-state index in [1.54, 1.807) is 0 Å². The third kappa shape index (κ3) is 2.09. The SMILES string of the molecule is Cc1cc(C(C)(C)C)cc(C)c1C1(CN)CCC1. The number of hydrogen-bond donors (Lipinski definition) is 1. The highest BCUT2D eigenvalue weighted by molar-refractivity contribution is 5.46. The molecule has 100 valence electrons. The summed E-state index contributed by atoms with van der Waals surface area (Å²) in [5.41, 5.74) is 12.4. The van der Waals surface area contributed by atoms with E-state index in [4.69, 9.17) is 5.73 Å². The molecule has 0 unspecified atom stereocenters. The summed E-state index contributed by atoms with van der Waals surface area (Å²) in [7, 11) is 0. The van der Waals surface area contributed by atoms with E-state index in [0.29, 0.717) is 0 Å². The molecule has 1 aliphatic rings. The Hall–Kier alpha value is -0.820. The lowest BCUT2D eigenvalue weighted by Crippen LogP contribution is -2.42. The molecular formula is C17H27N. The van der Waals surface area contributed by atoms with Crippen molar-refractivity contribution in [3.63, 3.8) is 0 Å². The average Bonchev–Trinajstić information content (AvgIpc) is 2.19. The molecular weight excluding hydrogens is 218 g/mol. The summed E-state index contributed by atoms with van der Waals surface area (Å²) in [4.78, 5) is 0. The predicted octanol–water partition coefficient (Wildman–Crippen LogP) is 3.98. The summed E-state index contributed by atoms with van der Waals surface area (Å²) in [6.45, 7) is 12.2. The van der Waals surface area contributed by atoms with Crippen LogP contribution >= 0.6 is 0 Å². The van der Waals surface area contributed by atoms with Crippen molar-refractivity contribution in [1.82, 2.24) is 0 Å². The van der Waals surface area contributed by atoms with E-state index in [-0.39, 0.29) is 10.8 Å². The van der Waals surface area contributed by atoms with Gasteiger partial charge in [-0.15, -0.1) is 0 Å². The second-order valence-electron chi connectivity index (χ2n) is 7.07. The molecule has 0 aromatic heterocycles. The standard InChI is InChI=1S/C17H27N/c1-12-9-14(16(3,4)5)10-13(2)15(12)17(11-18)7-6-8-17/h9-10H,6-8,11,18H2,1-5H3. The van der Waals surface area contributed by atoms with E-state index in [1.165, 1.54) is 41.5 Å². The molecule has 1 aromatic rings. The first kappa shape index (κ1) is 13.6. The van der Waals surface area contributed by atoms with Gasteiger partial charge in [0.2, 0.25) is 0 Å².